The Hall–Kier alpha value is -1.52. The van der Waals surface area contributed by atoms with Crippen LogP contribution in [0.4, 0.5) is 5.82 Å². The first-order valence-electron chi connectivity index (χ1n) is 7.54. The normalized spacial score (nSPS) is 12.4. The van der Waals surface area contributed by atoms with E-state index in [4.69, 9.17) is 10.5 Å². The van der Waals surface area contributed by atoms with E-state index in [0.717, 1.165) is 18.8 Å². The van der Waals surface area contributed by atoms with Gasteiger partial charge < -0.3 is 15.0 Å². The largest absolute Gasteiger partial charge is 0.461 e. The molecule has 0 spiro atoms. The molecule has 0 aromatic carbocycles. The van der Waals surface area contributed by atoms with Crippen molar-refractivity contribution in [1.82, 2.24) is 9.55 Å². The number of aromatic nitrogens is 2. The Bertz CT molecular complexity index is 441. The van der Waals surface area contributed by atoms with Crippen LogP contribution in [-0.4, -0.2) is 22.1 Å². The van der Waals surface area contributed by atoms with Crippen molar-refractivity contribution in [3.63, 3.8) is 0 Å². The molecule has 114 valence electrons. The molecule has 0 saturated carbocycles. The van der Waals surface area contributed by atoms with Gasteiger partial charge in [-0.1, -0.05) is 33.1 Å². The third kappa shape index (κ3) is 3.99. The molecule has 1 atom stereocenters. The number of hydrogen-bond acceptors (Lipinski definition) is 4. The molecule has 1 rings (SSSR count). The Kier molecular flexibility index (Phi) is 6.55. The molecule has 0 aliphatic rings. The SMILES string of the molecule is CCCCC(CC)Cn1c(C)nc(C(=O)OCC)c1N. The van der Waals surface area contributed by atoms with Crippen molar-refractivity contribution in [2.45, 2.75) is 59.9 Å². The molecule has 1 unspecified atom stereocenters. The molecule has 1 aromatic rings. The quantitative estimate of drug-likeness (QED) is 0.743. The highest BCUT2D eigenvalue weighted by Crippen LogP contribution is 2.21. The summed E-state index contributed by atoms with van der Waals surface area (Å²) in [6.07, 6.45) is 4.70. The van der Waals surface area contributed by atoms with Gasteiger partial charge in [-0.3, -0.25) is 0 Å². The van der Waals surface area contributed by atoms with Crippen LogP contribution < -0.4 is 5.73 Å². The van der Waals surface area contributed by atoms with Gasteiger partial charge in [0.15, 0.2) is 5.69 Å². The highest BCUT2D eigenvalue weighted by Gasteiger charge is 2.21. The Morgan fingerprint density at radius 1 is 1.40 bits per heavy atom. The molecule has 0 fully saturated rings. The van der Waals surface area contributed by atoms with E-state index in [-0.39, 0.29) is 5.69 Å². The lowest BCUT2D eigenvalue weighted by Crippen LogP contribution is -2.15. The molecule has 0 aliphatic heterocycles. The number of nitrogens with zero attached hydrogens (tertiary/aromatic N) is 2. The minimum Gasteiger partial charge on any atom is -0.461 e. The van der Waals surface area contributed by atoms with Crippen molar-refractivity contribution in [1.29, 1.82) is 0 Å². The fourth-order valence-electron chi connectivity index (χ4n) is 2.34. The predicted molar refractivity (Wildman–Crippen MR) is 80.6 cm³/mol. The summed E-state index contributed by atoms with van der Waals surface area (Å²) in [4.78, 5) is 16.0. The molecule has 1 heterocycles. The van der Waals surface area contributed by atoms with Gasteiger partial charge in [-0.15, -0.1) is 0 Å². The third-order valence-corrected chi connectivity index (χ3v) is 3.65. The van der Waals surface area contributed by atoms with Gasteiger partial charge in [0, 0.05) is 6.54 Å². The van der Waals surface area contributed by atoms with Crippen LogP contribution in [0.1, 0.15) is 62.8 Å². The second kappa shape index (κ2) is 7.92. The molecule has 1 aromatic heterocycles. The number of nitrogens with two attached hydrogens (primary N) is 1. The van der Waals surface area contributed by atoms with E-state index < -0.39 is 5.97 Å². The van der Waals surface area contributed by atoms with Gasteiger partial charge in [0.1, 0.15) is 11.6 Å². The zero-order valence-corrected chi connectivity index (χ0v) is 13.1. The molecule has 0 aliphatic carbocycles. The summed E-state index contributed by atoms with van der Waals surface area (Å²) in [6, 6.07) is 0. The predicted octanol–water partition coefficient (Wildman–Crippen LogP) is 3.17. The minimum absolute atomic E-state index is 0.245. The number of anilines is 1. The average Bonchev–Trinajstić information content (AvgIpc) is 2.71. The highest BCUT2D eigenvalue weighted by atomic mass is 16.5. The van der Waals surface area contributed by atoms with E-state index in [2.05, 4.69) is 18.8 Å². The van der Waals surface area contributed by atoms with Crippen LogP contribution in [0.3, 0.4) is 0 Å². The van der Waals surface area contributed by atoms with E-state index in [9.17, 15) is 4.79 Å². The average molecular weight is 281 g/mol. The number of nitrogen functional groups attached to an aromatic ring is 1. The zero-order valence-electron chi connectivity index (χ0n) is 13.1. The molecule has 0 radical (unpaired) electrons. The molecule has 0 bridgehead atoms. The summed E-state index contributed by atoms with van der Waals surface area (Å²) in [7, 11) is 0. The van der Waals surface area contributed by atoms with Crippen LogP contribution in [0.15, 0.2) is 0 Å². The lowest BCUT2D eigenvalue weighted by atomic mass is 9.99. The molecule has 2 N–H and O–H groups in total. The number of rotatable bonds is 8. The van der Waals surface area contributed by atoms with Crippen LogP contribution in [-0.2, 0) is 11.3 Å². The van der Waals surface area contributed by atoms with Crippen molar-refractivity contribution in [3.8, 4) is 0 Å². The summed E-state index contributed by atoms with van der Waals surface area (Å²) in [6.45, 7) is 9.19. The van der Waals surface area contributed by atoms with E-state index in [0.29, 0.717) is 18.3 Å². The first-order chi connectivity index (χ1) is 9.54. The fourth-order valence-corrected chi connectivity index (χ4v) is 2.34. The Labute approximate surface area is 121 Å². The van der Waals surface area contributed by atoms with Gasteiger partial charge in [-0.25, -0.2) is 9.78 Å². The lowest BCUT2D eigenvalue weighted by molar-refractivity contribution is 0.0521. The first-order valence-corrected chi connectivity index (χ1v) is 7.54. The maximum atomic E-state index is 11.8. The lowest BCUT2D eigenvalue weighted by Gasteiger charge is -2.17. The summed E-state index contributed by atoms with van der Waals surface area (Å²) in [5, 5.41) is 0. The summed E-state index contributed by atoms with van der Waals surface area (Å²) >= 11 is 0. The first kappa shape index (κ1) is 16.5. The summed E-state index contributed by atoms with van der Waals surface area (Å²) in [5.41, 5.74) is 6.31. The van der Waals surface area contributed by atoms with Gasteiger partial charge in [-0.05, 0) is 26.2 Å². The van der Waals surface area contributed by atoms with Crippen LogP contribution in [0.2, 0.25) is 0 Å². The van der Waals surface area contributed by atoms with Crippen LogP contribution in [0.5, 0.6) is 0 Å². The molecular weight excluding hydrogens is 254 g/mol. The van der Waals surface area contributed by atoms with Crippen LogP contribution in [0, 0.1) is 12.8 Å². The smallest absolute Gasteiger partial charge is 0.360 e. The Morgan fingerprint density at radius 2 is 2.10 bits per heavy atom. The topological polar surface area (TPSA) is 70.1 Å². The molecule has 20 heavy (non-hydrogen) atoms. The van der Waals surface area contributed by atoms with Crippen molar-refractivity contribution in [3.05, 3.63) is 11.5 Å². The summed E-state index contributed by atoms with van der Waals surface area (Å²) < 4.78 is 6.92. The van der Waals surface area contributed by atoms with Crippen LogP contribution in [0.25, 0.3) is 0 Å². The van der Waals surface area contributed by atoms with Crippen molar-refractivity contribution in [2.75, 3.05) is 12.3 Å². The molecular formula is C15H27N3O2. The van der Waals surface area contributed by atoms with Crippen molar-refractivity contribution in [2.24, 2.45) is 5.92 Å². The fraction of sp³-hybridized carbons (Fsp3) is 0.733. The van der Waals surface area contributed by atoms with E-state index in [1.165, 1.54) is 19.3 Å². The van der Waals surface area contributed by atoms with Gasteiger partial charge in [-0.2, -0.15) is 0 Å². The van der Waals surface area contributed by atoms with Gasteiger partial charge in [0.25, 0.3) is 0 Å². The third-order valence-electron chi connectivity index (χ3n) is 3.65. The Morgan fingerprint density at radius 3 is 2.65 bits per heavy atom. The maximum Gasteiger partial charge on any atom is 0.360 e. The zero-order chi connectivity index (χ0) is 15.1. The van der Waals surface area contributed by atoms with E-state index in [1.807, 2.05) is 11.5 Å². The number of imidazole rings is 1. The second-order valence-corrected chi connectivity index (χ2v) is 5.14. The van der Waals surface area contributed by atoms with Crippen LogP contribution >= 0.6 is 0 Å². The van der Waals surface area contributed by atoms with Gasteiger partial charge in [0.05, 0.1) is 6.61 Å². The highest BCUT2D eigenvalue weighted by molar-refractivity contribution is 5.92. The molecule has 5 nitrogen and oxygen atoms in total. The molecule has 0 saturated heterocycles. The number of esters is 1. The molecule has 0 amide bonds. The van der Waals surface area contributed by atoms with Crippen molar-refractivity contribution >= 4 is 11.8 Å². The number of ether oxygens (including phenoxy) is 1. The summed E-state index contributed by atoms with van der Waals surface area (Å²) in [5.74, 6) is 1.34. The maximum absolute atomic E-state index is 11.8. The van der Waals surface area contributed by atoms with Gasteiger partial charge >= 0.3 is 5.97 Å². The number of unbranched alkanes of at least 4 members (excludes halogenated alkanes) is 1. The minimum atomic E-state index is -0.437. The van der Waals surface area contributed by atoms with Gasteiger partial charge in [0.2, 0.25) is 0 Å². The number of aryl methyl sites for hydroxylation is 1. The standard InChI is InChI=1S/C15H27N3O2/c1-5-8-9-12(6-2)10-18-11(4)17-13(14(18)16)15(19)20-7-3/h12H,5-10,16H2,1-4H3. The number of hydrogen-bond donors (Lipinski definition) is 1. The Balaban J connectivity index is 2.87. The number of carbonyl (C=O) groups excluding carboxylic acids is 1. The second-order valence-electron chi connectivity index (χ2n) is 5.14. The van der Waals surface area contributed by atoms with E-state index >= 15 is 0 Å². The number of carbonyl (C=O) groups is 1. The molecule has 5 heteroatoms. The van der Waals surface area contributed by atoms with Crippen molar-refractivity contribution < 1.29 is 9.53 Å². The van der Waals surface area contributed by atoms with E-state index in [1.54, 1.807) is 6.92 Å². The monoisotopic (exact) mass is 281 g/mol.